The topological polar surface area (TPSA) is 92.0 Å². The van der Waals surface area contributed by atoms with Crippen molar-refractivity contribution >= 4 is 16.9 Å². The molecule has 0 unspecified atom stereocenters. The highest BCUT2D eigenvalue weighted by Crippen LogP contribution is 2.36. The molecule has 1 aromatic heterocycles. The van der Waals surface area contributed by atoms with Crippen LogP contribution in [0.15, 0.2) is 30.3 Å². The molecule has 2 aromatic carbocycles. The molecule has 0 bridgehead atoms. The summed E-state index contributed by atoms with van der Waals surface area (Å²) in [5, 5.41) is 14.5. The van der Waals surface area contributed by atoms with Gasteiger partial charge in [-0.25, -0.2) is 4.79 Å². The van der Waals surface area contributed by atoms with E-state index in [9.17, 15) is 9.90 Å². The smallest absolute Gasteiger partial charge is 0.335 e. The molecule has 3 rings (SSSR count). The van der Waals surface area contributed by atoms with Crippen LogP contribution in [0.3, 0.4) is 0 Å². The van der Waals surface area contributed by atoms with Gasteiger partial charge in [-0.3, -0.25) is 4.68 Å². The molecule has 0 saturated carbocycles. The van der Waals surface area contributed by atoms with E-state index in [2.05, 4.69) is 5.10 Å². The van der Waals surface area contributed by atoms with Crippen LogP contribution >= 0.6 is 0 Å². The van der Waals surface area contributed by atoms with Crippen molar-refractivity contribution in [2.75, 3.05) is 28.4 Å². The Labute approximate surface area is 155 Å². The van der Waals surface area contributed by atoms with Crippen LogP contribution in [-0.4, -0.2) is 49.3 Å². The fourth-order valence-corrected chi connectivity index (χ4v) is 2.93. The second kappa shape index (κ2) is 7.45. The average molecular weight is 372 g/mol. The molecule has 1 heterocycles. The first-order valence-electron chi connectivity index (χ1n) is 8.09. The Morgan fingerprint density at radius 3 is 2.26 bits per heavy atom. The fourth-order valence-electron chi connectivity index (χ4n) is 2.93. The van der Waals surface area contributed by atoms with Gasteiger partial charge in [0, 0.05) is 0 Å². The summed E-state index contributed by atoms with van der Waals surface area (Å²) in [6.45, 7) is 0.381. The first kappa shape index (κ1) is 18.4. The molecule has 0 aliphatic heterocycles. The van der Waals surface area contributed by atoms with Crippen molar-refractivity contribution in [3.8, 4) is 23.1 Å². The molecule has 1 N–H and O–H groups in total. The van der Waals surface area contributed by atoms with Crippen LogP contribution < -0.4 is 18.9 Å². The van der Waals surface area contributed by atoms with Crippen molar-refractivity contribution in [3.05, 3.63) is 41.5 Å². The van der Waals surface area contributed by atoms with E-state index in [1.807, 2.05) is 12.1 Å². The summed E-state index contributed by atoms with van der Waals surface area (Å²) < 4.78 is 23.0. The maximum absolute atomic E-state index is 11.5. The molecule has 27 heavy (non-hydrogen) atoms. The zero-order chi connectivity index (χ0) is 19.6. The molecule has 0 atom stereocenters. The van der Waals surface area contributed by atoms with Crippen LogP contribution in [-0.2, 0) is 6.54 Å². The van der Waals surface area contributed by atoms with Gasteiger partial charge in [-0.2, -0.15) is 0 Å². The Hall–Kier alpha value is -3.42. The Morgan fingerprint density at radius 2 is 1.67 bits per heavy atom. The van der Waals surface area contributed by atoms with Gasteiger partial charge in [-0.1, -0.05) is 6.07 Å². The lowest BCUT2D eigenvalue weighted by Gasteiger charge is -2.10. The van der Waals surface area contributed by atoms with Crippen molar-refractivity contribution in [1.29, 1.82) is 0 Å². The van der Waals surface area contributed by atoms with E-state index in [0.717, 1.165) is 5.56 Å². The molecule has 0 aliphatic carbocycles. The lowest BCUT2D eigenvalue weighted by Crippen LogP contribution is -2.04. The summed E-state index contributed by atoms with van der Waals surface area (Å²) in [5.41, 5.74) is 1.60. The molecule has 0 radical (unpaired) electrons. The summed E-state index contributed by atoms with van der Waals surface area (Å²) >= 11 is 0. The van der Waals surface area contributed by atoms with Crippen LogP contribution in [0, 0.1) is 0 Å². The van der Waals surface area contributed by atoms with Crippen LogP contribution in [0.4, 0.5) is 0 Å². The van der Waals surface area contributed by atoms with Crippen LogP contribution in [0.25, 0.3) is 10.9 Å². The summed E-state index contributed by atoms with van der Waals surface area (Å²) in [6.07, 6.45) is 0. The molecule has 0 fully saturated rings. The quantitative estimate of drug-likeness (QED) is 0.682. The second-order valence-electron chi connectivity index (χ2n) is 5.73. The largest absolute Gasteiger partial charge is 0.496 e. The number of fused-ring (bicyclic) bond motifs is 1. The molecule has 8 nitrogen and oxygen atoms in total. The molecule has 0 amide bonds. The number of methoxy groups -OCH3 is 4. The number of aromatic carboxylic acids is 1. The third-order valence-electron chi connectivity index (χ3n) is 4.23. The summed E-state index contributed by atoms with van der Waals surface area (Å²) in [5.74, 6) is 0.925. The molecule has 0 saturated heterocycles. The molecule has 0 aliphatic rings. The number of nitrogens with zero attached hydrogens (tertiary/aromatic N) is 2. The van der Waals surface area contributed by atoms with Gasteiger partial charge < -0.3 is 24.1 Å². The number of hydrogen-bond donors (Lipinski definition) is 1. The van der Waals surface area contributed by atoms with Crippen molar-refractivity contribution < 1.29 is 28.8 Å². The molecule has 142 valence electrons. The number of benzene rings is 2. The molecule has 8 heteroatoms. The minimum absolute atomic E-state index is 0.107. The SMILES string of the molecule is COc1ccc(Cn2nc(OC)c3c(OC)cc(C(=O)O)cc32)cc1OC. The minimum Gasteiger partial charge on any atom is -0.496 e. The van der Waals surface area contributed by atoms with Crippen LogP contribution in [0.1, 0.15) is 15.9 Å². The van der Waals surface area contributed by atoms with Gasteiger partial charge in [0.15, 0.2) is 11.5 Å². The summed E-state index contributed by atoms with van der Waals surface area (Å²) in [7, 11) is 6.12. The van der Waals surface area contributed by atoms with Crippen molar-refractivity contribution in [3.63, 3.8) is 0 Å². The van der Waals surface area contributed by atoms with E-state index in [-0.39, 0.29) is 5.56 Å². The standard InChI is InChI=1S/C19H20N2O6/c1-24-14-6-5-11(7-15(14)25-2)10-21-13-8-12(19(22)23)9-16(26-3)17(13)18(20-21)27-4/h5-9H,10H2,1-4H3,(H,22,23). The van der Waals surface area contributed by atoms with E-state index in [1.54, 1.807) is 31.0 Å². The molecular weight excluding hydrogens is 352 g/mol. The van der Waals surface area contributed by atoms with E-state index in [4.69, 9.17) is 18.9 Å². The third-order valence-corrected chi connectivity index (χ3v) is 4.23. The zero-order valence-electron chi connectivity index (χ0n) is 15.5. The predicted octanol–water partition coefficient (Wildman–Crippen LogP) is 2.82. The van der Waals surface area contributed by atoms with Gasteiger partial charge in [0.1, 0.15) is 11.1 Å². The first-order chi connectivity index (χ1) is 13.0. The lowest BCUT2D eigenvalue weighted by atomic mass is 10.1. The third kappa shape index (κ3) is 3.33. The highest BCUT2D eigenvalue weighted by Gasteiger charge is 2.20. The van der Waals surface area contributed by atoms with E-state index in [1.165, 1.54) is 20.3 Å². The molecule has 0 spiro atoms. The highest BCUT2D eigenvalue weighted by atomic mass is 16.5. The van der Waals surface area contributed by atoms with Gasteiger partial charge in [0.25, 0.3) is 0 Å². The number of ether oxygens (including phenoxy) is 4. The van der Waals surface area contributed by atoms with Crippen LogP contribution in [0.5, 0.6) is 23.1 Å². The number of carbonyl (C=O) groups is 1. The maximum atomic E-state index is 11.5. The summed E-state index contributed by atoms with van der Waals surface area (Å²) in [6, 6.07) is 8.54. The number of hydrogen-bond acceptors (Lipinski definition) is 6. The zero-order valence-corrected chi connectivity index (χ0v) is 15.5. The van der Waals surface area contributed by atoms with Crippen LogP contribution in [0.2, 0.25) is 0 Å². The molecule has 3 aromatic rings. The van der Waals surface area contributed by atoms with Gasteiger partial charge in [-0.15, -0.1) is 5.10 Å². The van der Waals surface area contributed by atoms with Crippen molar-refractivity contribution in [2.24, 2.45) is 0 Å². The monoisotopic (exact) mass is 372 g/mol. The van der Waals surface area contributed by atoms with E-state index < -0.39 is 5.97 Å². The highest BCUT2D eigenvalue weighted by molar-refractivity contribution is 5.98. The Morgan fingerprint density at radius 1 is 0.963 bits per heavy atom. The second-order valence-corrected chi connectivity index (χ2v) is 5.73. The fraction of sp³-hybridized carbons (Fsp3) is 0.263. The van der Waals surface area contributed by atoms with Gasteiger partial charge in [0.05, 0.1) is 46.1 Å². The number of carboxylic acids is 1. The average Bonchev–Trinajstić information content (AvgIpc) is 3.04. The maximum Gasteiger partial charge on any atom is 0.335 e. The lowest BCUT2D eigenvalue weighted by molar-refractivity contribution is 0.0696. The van der Waals surface area contributed by atoms with Crippen molar-refractivity contribution in [2.45, 2.75) is 6.54 Å². The normalized spacial score (nSPS) is 10.7. The molecular formula is C19H20N2O6. The van der Waals surface area contributed by atoms with Gasteiger partial charge in [0.2, 0.25) is 5.88 Å². The minimum atomic E-state index is -1.05. The predicted molar refractivity (Wildman–Crippen MR) is 98.4 cm³/mol. The van der Waals surface area contributed by atoms with Gasteiger partial charge >= 0.3 is 5.97 Å². The van der Waals surface area contributed by atoms with Gasteiger partial charge in [-0.05, 0) is 29.8 Å². The number of rotatable bonds is 7. The van der Waals surface area contributed by atoms with E-state index >= 15 is 0 Å². The summed E-state index contributed by atoms with van der Waals surface area (Å²) in [4.78, 5) is 11.5. The van der Waals surface area contributed by atoms with E-state index in [0.29, 0.717) is 40.6 Å². The van der Waals surface area contributed by atoms with Crippen molar-refractivity contribution in [1.82, 2.24) is 9.78 Å². The Kier molecular flexibility index (Phi) is 5.07. The number of aromatic nitrogens is 2. The Bertz CT molecular complexity index is 996. The number of carboxylic acid groups (broad SMARTS) is 1. The Balaban J connectivity index is 2.14. The first-order valence-corrected chi connectivity index (χ1v) is 8.09.